The molecule has 1 aliphatic carbocycles. The van der Waals surface area contributed by atoms with Crippen LogP contribution >= 0.6 is 0 Å². The van der Waals surface area contributed by atoms with Crippen LogP contribution in [0.3, 0.4) is 0 Å². The molecule has 0 saturated carbocycles. The first-order valence-electron chi connectivity index (χ1n) is 4.46. The van der Waals surface area contributed by atoms with Gasteiger partial charge in [0.2, 0.25) is 0 Å². The van der Waals surface area contributed by atoms with Gasteiger partial charge in [-0.3, -0.25) is 0 Å². The molecular weight excluding hydrogens is 150 g/mol. The molecule has 64 valence electrons. The van der Waals surface area contributed by atoms with Gasteiger partial charge in [0.1, 0.15) is 0 Å². The number of hydrogen-bond donors (Lipinski definition) is 0. The van der Waals surface area contributed by atoms with E-state index in [4.69, 9.17) is 0 Å². The van der Waals surface area contributed by atoms with Crippen molar-refractivity contribution in [2.75, 3.05) is 0 Å². The smallest absolute Gasteiger partial charge is 0.183 e. The standard InChI is InChI=1S/C10H13NO/c1-8-2-3-10-7-11(12)5-4-9(10)6-8/h4-5,7-8H,2-3,6H2,1H3. The molecule has 1 aliphatic rings. The average molecular weight is 163 g/mol. The molecule has 0 amide bonds. The molecule has 0 saturated heterocycles. The van der Waals surface area contributed by atoms with Crippen LogP contribution in [0.15, 0.2) is 18.5 Å². The third-order valence-electron chi connectivity index (χ3n) is 2.59. The summed E-state index contributed by atoms with van der Waals surface area (Å²) < 4.78 is 0.898. The average Bonchev–Trinajstić information content (AvgIpc) is 2.05. The van der Waals surface area contributed by atoms with Gasteiger partial charge in [-0.05, 0) is 30.7 Å². The Bertz CT molecular complexity index is 296. The molecule has 2 rings (SSSR count). The van der Waals surface area contributed by atoms with Gasteiger partial charge in [-0.1, -0.05) is 6.92 Å². The highest BCUT2D eigenvalue weighted by atomic mass is 16.5. The SMILES string of the molecule is CC1CCc2c[n+]([O-])ccc2C1. The summed E-state index contributed by atoms with van der Waals surface area (Å²) in [6, 6.07) is 1.96. The van der Waals surface area contributed by atoms with Gasteiger partial charge in [-0.2, -0.15) is 4.73 Å². The molecule has 1 heterocycles. The zero-order chi connectivity index (χ0) is 8.55. The van der Waals surface area contributed by atoms with Crippen molar-refractivity contribution in [3.63, 3.8) is 0 Å². The van der Waals surface area contributed by atoms with Crippen LogP contribution in [0.4, 0.5) is 0 Å². The van der Waals surface area contributed by atoms with Gasteiger partial charge in [-0.15, -0.1) is 0 Å². The molecule has 0 spiro atoms. The highest BCUT2D eigenvalue weighted by Crippen LogP contribution is 2.23. The van der Waals surface area contributed by atoms with Crippen molar-refractivity contribution in [2.45, 2.75) is 26.2 Å². The Hall–Kier alpha value is -1.05. The van der Waals surface area contributed by atoms with Gasteiger partial charge in [0.05, 0.1) is 0 Å². The summed E-state index contributed by atoms with van der Waals surface area (Å²) in [7, 11) is 0. The second-order valence-corrected chi connectivity index (χ2v) is 3.70. The third kappa shape index (κ3) is 1.29. The fraction of sp³-hybridized carbons (Fsp3) is 0.500. The predicted molar refractivity (Wildman–Crippen MR) is 46.6 cm³/mol. The van der Waals surface area contributed by atoms with E-state index in [1.807, 2.05) is 6.07 Å². The summed E-state index contributed by atoms with van der Waals surface area (Å²) in [5.41, 5.74) is 2.60. The first-order chi connectivity index (χ1) is 5.75. The van der Waals surface area contributed by atoms with Crippen LogP contribution in [-0.2, 0) is 12.8 Å². The molecule has 0 aromatic carbocycles. The predicted octanol–water partition coefficient (Wildman–Crippen LogP) is 1.44. The van der Waals surface area contributed by atoms with Gasteiger partial charge in [0, 0.05) is 11.6 Å². The van der Waals surface area contributed by atoms with Crippen molar-refractivity contribution >= 4 is 0 Å². The number of aromatic nitrogens is 1. The highest BCUT2D eigenvalue weighted by molar-refractivity contribution is 5.24. The van der Waals surface area contributed by atoms with E-state index in [-0.39, 0.29) is 0 Å². The van der Waals surface area contributed by atoms with Crippen LogP contribution < -0.4 is 4.73 Å². The molecule has 1 aromatic heterocycles. The van der Waals surface area contributed by atoms with Crippen molar-refractivity contribution in [1.29, 1.82) is 0 Å². The zero-order valence-electron chi connectivity index (χ0n) is 7.29. The Morgan fingerprint density at radius 3 is 3.17 bits per heavy atom. The van der Waals surface area contributed by atoms with Gasteiger partial charge in [0.15, 0.2) is 12.4 Å². The molecular formula is C10H13NO. The first-order valence-corrected chi connectivity index (χ1v) is 4.46. The van der Waals surface area contributed by atoms with Gasteiger partial charge in [0.25, 0.3) is 0 Å². The molecule has 2 nitrogen and oxygen atoms in total. The van der Waals surface area contributed by atoms with Crippen LogP contribution in [0, 0.1) is 11.1 Å². The molecule has 0 fully saturated rings. The molecule has 0 N–H and O–H groups in total. The molecule has 1 unspecified atom stereocenters. The normalized spacial score (nSPS) is 21.9. The lowest BCUT2D eigenvalue weighted by atomic mass is 9.86. The van der Waals surface area contributed by atoms with Crippen molar-refractivity contribution in [2.24, 2.45) is 5.92 Å². The van der Waals surface area contributed by atoms with Crippen molar-refractivity contribution in [3.8, 4) is 0 Å². The lowest BCUT2D eigenvalue weighted by Crippen LogP contribution is -2.27. The van der Waals surface area contributed by atoms with E-state index in [0.29, 0.717) is 0 Å². The number of nitrogens with zero attached hydrogens (tertiary/aromatic N) is 1. The summed E-state index contributed by atoms with van der Waals surface area (Å²) in [5, 5.41) is 10.9. The van der Waals surface area contributed by atoms with E-state index in [2.05, 4.69) is 6.92 Å². The molecule has 0 aliphatic heterocycles. The second kappa shape index (κ2) is 2.77. The molecule has 12 heavy (non-hydrogen) atoms. The Morgan fingerprint density at radius 2 is 2.33 bits per heavy atom. The summed E-state index contributed by atoms with van der Waals surface area (Å²) in [5.74, 6) is 0.778. The van der Waals surface area contributed by atoms with Crippen LogP contribution in [0.5, 0.6) is 0 Å². The van der Waals surface area contributed by atoms with Gasteiger partial charge in [-0.25, -0.2) is 0 Å². The maximum Gasteiger partial charge on any atom is 0.183 e. The Kier molecular flexibility index (Phi) is 1.75. The van der Waals surface area contributed by atoms with Gasteiger partial charge < -0.3 is 5.21 Å². The Labute approximate surface area is 72.4 Å². The summed E-state index contributed by atoms with van der Waals surface area (Å²) in [6.07, 6.45) is 6.73. The van der Waals surface area contributed by atoms with Gasteiger partial charge >= 0.3 is 0 Å². The lowest BCUT2D eigenvalue weighted by molar-refractivity contribution is -0.606. The molecule has 2 heteroatoms. The summed E-state index contributed by atoms with van der Waals surface area (Å²) in [6.45, 7) is 2.27. The maximum atomic E-state index is 10.9. The second-order valence-electron chi connectivity index (χ2n) is 3.70. The molecule has 1 atom stereocenters. The quantitative estimate of drug-likeness (QED) is 0.420. The minimum absolute atomic E-state index is 0.778. The van der Waals surface area contributed by atoms with E-state index in [1.54, 1.807) is 12.4 Å². The topological polar surface area (TPSA) is 26.9 Å². The Balaban J connectivity index is 2.37. The Morgan fingerprint density at radius 1 is 1.50 bits per heavy atom. The highest BCUT2D eigenvalue weighted by Gasteiger charge is 2.16. The summed E-state index contributed by atoms with van der Waals surface area (Å²) in [4.78, 5) is 0. The van der Waals surface area contributed by atoms with Crippen LogP contribution in [0.2, 0.25) is 0 Å². The van der Waals surface area contributed by atoms with E-state index in [9.17, 15) is 5.21 Å². The van der Waals surface area contributed by atoms with E-state index >= 15 is 0 Å². The number of pyridine rings is 1. The van der Waals surface area contributed by atoms with E-state index < -0.39 is 0 Å². The maximum absolute atomic E-state index is 10.9. The number of aryl methyl sites for hydroxylation is 1. The van der Waals surface area contributed by atoms with Crippen molar-refractivity contribution < 1.29 is 4.73 Å². The number of hydrogen-bond acceptors (Lipinski definition) is 1. The van der Waals surface area contributed by atoms with Crippen LogP contribution in [-0.4, -0.2) is 0 Å². The summed E-state index contributed by atoms with van der Waals surface area (Å²) >= 11 is 0. The van der Waals surface area contributed by atoms with Crippen LogP contribution in [0.25, 0.3) is 0 Å². The minimum atomic E-state index is 0.778. The fourth-order valence-corrected chi connectivity index (χ4v) is 1.85. The largest absolute Gasteiger partial charge is 0.619 e. The lowest BCUT2D eigenvalue weighted by Gasteiger charge is -2.19. The van der Waals surface area contributed by atoms with Crippen LogP contribution in [0.1, 0.15) is 24.5 Å². The number of fused-ring (bicyclic) bond motifs is 1. The number of rotatable bonds is 0. The molecule has 0 radical (unpaired) electrons. The van der Waals surface area contributed by atoms with E-state index in [1.165, 1.54) is 17.5 Å². The van der Waals surface area contributed by atoms with E-state index in [0.717, 1.165) is 23.5 Å². The van der Waals surface area contributed by atoms with Crippen molar-refractivity contribution in [3.05, 3.63) is 34.8 Å². The molecule has 1 aromatic rings. The fourth-order valence-electron chi connectivity index (χ4n) is 1.85. The zero-order valence-corrected chi connectivity index (χ0v) is 7.29. The minimum Gasteiger partial charge on any atom is -0.619 e. The molecule has 0 bridgehead atoms. The van der Waals surface area contributed by atoms with Crippen molar-refractivity contribution in [1.82, 2.24) is 0 Å². The monoisotopic (exact) mass is 163 g/mol. The first kappa shape index (κ1) is 7.59. The third-order valence-corrected chi connectivity index (χ3v) is 2.59.